The summed E-state index contributed by atoms with van der Waals surface area (Å²) < 4.78 is 4.75. The van der Waals surface area contributed by atoms with Gasteiger partial charge < -0.3 is 15.2 Å². The van der Waals surface area contributed by atoms with Crippen molar-refractivity contribution in [1.82, 2.24) is 10.3 Å². The van der Waals surface area contributed by atoms with E-state index in [2.05, 4.69) is 10.3 Å². The lowest BCUT2D eigenvalue weighted by Gasteiger charge is -2.11. The van der Waals surface area contributed by atoms with Crippen LogP contribution in [0, 0.1) is 6.92 Å². The van der Waals surface area contributed by atoms with E-state index in [-0.39, 0.29) is 19.1 Å². The topological polar surface area (TPSA) is 71.5 Å². The van der Waals surface area contributed by atoms with Gasteiger partial charge in [-0.3, -0.25) is 9.78 Å². The second-order valence-electron chi connectivity index (χ2n) is 3.49. The van der Waals surface area contributed by atoms with Crippen molar-refractivity contribution < 1.29 is 14.6 Å². The van der Waals surface area contributed by atoms with Crippen molar-refractivity contribution in [2.45, 2.75) is 13.0 Å². The first-order valence-corrected chi connectivity index (χ1v) is 5.02. The monoisotopic (exact) mass is 224 g/mol. The molecule has 1 unspecified atom stereocenters. The molecule has 1 rings (SSSR count). The van der Waals surface area contributed by atoms with Crippen LogP contribution in [0.2, 0.25) is 0 Å². The molecule has 0 saturated carbocycles. The minimum Gasteiger partial charge on any atom is -0.389 e. The van der Waals surface area contributed by atoms with Gasteiger partial charge >= 0.3 is 0 Å². The molecule has 1 heterocycles. The highest BCUT2D eigenvalue weighted by atomic mass is 16.5. The highest BCUT2D eigenvalue weighted by Crippen LogP contribution is 2.02. The molecule has 0 bridgehead atoms. The molecule has 2 N–H and O–H groups in total. The van der Waals surface area contributed by atoms with Crippen molar-refractivity contribution >= 4 is 5.91 Å². The third kappa shape index (κ3) is 3.60. The number of carbonyl (C=O) groups excluding carboxylic acids is 1. The van der Waals surface area contributed by atoms with Gasteiger partial charge in [0.1, 0.15) is 5.69 Å². The number of rotatable bonds is 5. The predicted molar refractivity (Wildman–Crippen MR) is 59.2 cm³/mol. The molecule has 88 valence electrons. The van der Waals surface area contributed by atoms with Gasteiger partial charge in [-0.15, -0.1) is 0 Å². The zero-order valence-electron chi connectivity index (χ0n) is 9.43. The van der Waals surface area contributed by atoms with Gasteiger partial charge in [0, 0.05) is 19.9 Å². The van der Waals surface area contributed by atoms with Crippen molar-refractivity contribution in [3.05, 3.63) is 29.6 Å². The number of aromatic nitrogens is 1. The summed E-state index contributed by atoms with van der Waals surface area (Å²) in [5, 5.41) is 11.9. The summed E-state index contributed by atoms with van der Waals surface area (Å²) in [6, 6.07) is 3.58. The summed E-state index contributed by atoms with van der Waals surface area (Å²) in [6.45, 7) is 2.16. The van der Waals surface area contributed by atoms with Crippen LogP contribution in [-0.4, -0.2) is 42.4 Å². The number of hydrogen-bond acceptors (Lipinski definition) is 4. The summed E-state index contributed by atoms with van der Waals surface area (Å²) in [5.41, 5.74) is 1.19. The molecule has 5 heteroatoms. The molecule has 1 aromatic heterocycles. The van der Waals surface area contributed by atoms with Gasteiger partial charge in [-0.05, 0) is 18.6 Å². The first kappa shape index (κ1) is 12.6. The predicted octanol–water partition coefficient (Wildman–Crippen LogP) is 0.127. The minimum atomic E-state index is -0.696. The molecule has 0 radical (unpaired) electrons. The fourth-order valence-corrected chi connectivity index (χ4v) is 1.27. The average Bonchev–Trinajstić information content (AvgIpc) is 2.27. The van der Waals surface area contributed by atoms with Gasteiger partial charge in [-0.25, -0.2) is 0 Å². The molecule has 0 aliphatic rings. The Morgan fingerprint density at radius 2 is 2.44 bits per heavy atom. The van der Waals surface area contributed by atoms with E-state index in [1.54, 1.807) is 12.3 Å². The normalized spacial score (nSPS) is 12.2. The van der Waals surface area contributed by atoms with Crippen molar-refractivity contribution in [2.24, 2.45) is 0 Å². The summed E-state index contributed by atoms with van der Waals surface area (Å²) in [5.74, 6) is -0.284. The summed E-state index contributed by atoms with van der Waals surface area (Å²) >= 11 is 0. The van der Waals surface area contributed by atoms with Gasteiger partial charge in [0.15, 0.2) is 0 Å². The molecule has 1 amide bonds. The molecule has 0 fully saturated rings. The van der Waals surface area contributed by atoms with E-state index < -0.39 is 6.10 Å². The van der Waals surface area contributed by atoms with Gasteiger partial charge in [0.25, 0.3) is 5.91 Å². The van der Waals surface area contributed by atoms with Crippen LogP contribution in [0.5, 0.6) is 0 Å². The molecule has 1 atom stereocenters. The van der Waals surface area contributed by atoms with Gasteiger partial charge in [0.05, 0.1) is 12.7 Å². The third-order valence-electron chi connectivity index (χ3n) is 2.08. The standard InChI is InChI=1S/C11H16N2O3/c1-8-4-3-5-12-10(8)11(15)13-6-9(14)7-16-2/h3-5,9,14H,6-7H2,1-2H3,(H,13,15). The SMILES string of the molecule is COCC(O)CNC(=O)c1ncccc1C. The van der Waals surface area contributed by atoms with Gasteiger partial charge in [-0.1, -0.05) is 6.07 Å². The summed E-state index contributed by atoms with van der Waals surface area (Å²) in [4.78, 5) is 15.6. The van der Waals surface area contributed by atoms with Crippen LogP contribution >= 0.6 is 0 Å². The van der Waals surface area contributed by atoms with Crippen LogP contribution in [-0.2, 0) is 4.74 Å². The fourth-order valence-electron chi connectivity index (χ4n) is 1.27. The second kappa shape index (κ2) is 6.19. The van der Waals surface area contributed by atoms with Crippen LogP contribution in [0.3, 0.4) is 0 Å². The van der Waals surface area contributed by atoms with Crippen molar-refractivity contribution in [3.63, 3.8) is 0 Å². The second-order valence-corrected chi connectivity index (χ2v) is 3.49. The lowest BCUT2D eigenvalue weighted by Crippen LogP contribution is -2.35. The molecular formula is C11H16N2O3. The maximum Gasteiger partial charge on any atom is 0.270 e. The molecule has 0 aliphatic carbocycles. The number of nitrogens with one attached hydrogen (secondary N) is 1. The molecule has 0 aromatic carbocycles. The lowest BCUT2D eigenvalue weighted by atomic mass is 10.2. The van der Waals surface area contributed by atoms with E-state index in [1.165, 1.54) is 7.11 Å². The van der Waals surface area contributed by atoms with E-state index in [0.29, 0.717) is 5.69 Å². The Morgan fingerprint density at radius 3 is 3.06 bits per heavy atom. The Morgan fingerprint density at radius 1 is 1.69 bits per heavy atom. The smallest absolute Gasteiger partial charge is 0.270 e. The Labute approximate surface area is 94.5 Å². The number of amides is 1. The summed E-state index contributed by atoms with van der Waals surface area (Å²) in [7, 11) is 1.49. The van der Waals surface area contributed by atoms with Crippen LogP contribution in [0.4, 0.5) is 0 Å². The van der Waals surface area contributed by atoms with E-state index in [1.807, 2.05) is 13.0 Å². The summed E-state index contributed by atoms with van der Waals surface area (Å²) in [6.07, 6.45) is 0.867. The van der Waals surface area contributed by atoms with Crippen molar-refractivity contribution in [2.75, 3.05) is 20.3 Å². The number of pyridine rings is 1. The van der Waals surface area contributed by atoms with Crippen LogP contribution in [0.1, 0.15) is 16.1 Å². The van der Waals surface area contributed by atoms with E-state index in [9.17, 15) is 9.90 Å². The van der Waals surface area contributed by atoms with E-state index in [4.69, 9.17) is 4.74 Å². The molecule has 0 saturated heterocycles. The zero-order chi connectivity index (χ0) is 12.0. The Hall–Kier alpha value is -1.46. The molecule has 1 aromatic rings. The molecular weight excluding hydrogens is 208 g/mol. The Bertz CT molecular complexity index is 355. The number of hydrogen-bond donors (Lipinski definition) is 2. The first-order valence-electron chi connectivity index (χ1n) is 5.02. The van der Waals surface area contributed by atoms with Gasteiger partial charge in [-0.2, -0.15) is 0 Å². The van der Waals surface area contributed by atoms with Crippen LogP contribution in [0.15, 0.2) is 18.3 Å². The number of aliphatic hydroxyl groups is 1. The maximum absolute atomic E-state index is 11.6. The van der Waals surface area contributed by atoms with Crippen molar-refractivity contribution in [1.29, 1.82) is 0 Å². The van der Waals surface area contributed by atoms with Crippen LogP contribution < -0.4 is 5.32 Å². The Balaban J connectivity index is 2.50. The van der Waals surface area contributed by atoms with Crippen molar-refractivity contribution in [3.8, 4) is 0 Å². The average molecular weight is 224 g/mol. The number of aliphatic hydroxyl groups excluding tert-OH is 1. The fraction of sp³-hybridized carbons (Fsp3) is 0.455. The number of nitrogens with zero attached hydrogens (tertiary/aromatic N) is 1. The first-order chi connectivity index (χ1) is 7.65. The quantitative estimate of drug-likeness (QED) is 0.745. The zero-order valence-corrected chi connectivity index (χ0v) is 9.43. The van der Waals surface area contributed by atoms with E-state index >= 15 is 0 Å². The lowest BCUT2D eigenvalue weighted by molar-refractivity contribution is 0.0608. The largest absolute Gasteiger partial charge is 0.389 e. The highest BCUT2D eigenvalue weighted by Gasteiger charge is 2.11. The molecule has 0 aliphatic heterocycles. The third-order valence-corrected chi connectivity index (χ3v) is 2.08. The number of ether oxygens (including phenoxy) is 1. The highest BCUT2D eigenvalue weighted by molar-refractivity contribution is 5.93. The van der Waals surface area contributed by atoms with Gasteiger partial charge in [0.2, 0.25) is 0 Å². The Kier molecular flexibility index (Phi) is 4.88. The van der Waals surface area contributed by atoms with Crippen LogP contribution in [0.25, 0.3) is 0 Å². The molecule has 5 nitrogen and oxygen atoms in total. The number of methoxy groups -OCH3 is 1. The minimum absolute atomic E-state index is 0.155. The molecule has 16 heavy (non-hydrogen) atoms. The number of aryl methyl sites for hydroxylation is 1. The molecule has 0 spiro atoms. The number of carbonyl (C=O) groups is 1. The van der Waals surface area contributed by atoms with E-state index in [0.717, 1.165) is 5.56 Å². The maximum atomic E-state index is 11.6.